The van der Waals surface area contributed by atoms with E-state index in [0.717, 1.165) is 54.1 Å². The average molecular weight is 944 g/mol. The van der Waals surface area contributed by atoms with Gasteiger partial charge in [0.25, 0.3) is 5.56 Å². The molecule has 2 aliphatic heterocycles. The van der Waals surface area contributed by atoms with Crippen LogP contribution in [0.3, 0.4) is 0 Å². The van der Waals surface area contributed by atoms with Crippen molar-refractivity contribution in [3.05, 3.63) is 160 Å². The number of nitrogens with zero attached hydrogens (tertiary/aromatic N) is 7. The number of aromatic nitrogens is 6. The van der Waals surface area contributed by atoms with Crippen LogP contribution < -0.4 is 25.2 Å². The van der Waals surface area contributed by atoms with E-state index in [0.29, 0.717) is 34.2 Å². The van der Waals surface area contributed by atoms with E-state index in [4.69, 9.17) is 28.3 Å². The van der Waals surface area contributed by atoms with Crippen molar-refractivity contribution < 1.29 is 33.3 Å². The number of ketones is 1. The highest BCUT2D eigenvalue weighted by Crippen LogP contribution is 2.43. The molecule has 2 saturated heterocycles. The zero-order chi connectivity index (χ0) is 48.4. The van der Waals surface area contributed by atoms with Crippen LogP contribution in [0, 0.1) is 0 Å². The molecule has 17 heteroatoms. The predicted octanol–water partition coefficient (Wildman–Crippen LogP) is 7.14. The maximum atomic E-state index is 13.6. The first-order valence-electron chi connectivity index (χ1n) is 23.1. The molecule has 3 N–H and O–H groups in total. The second kappa shape index (κ2) is 19.7. The summed E-state index contributed by atoms with van der Waals surface area (Å²) in [6, 6.07) is 38.8. The molecule has 0 spiro atoms. The molecule has 3 unspecified atom stereocenters. The SMILES string of the molecule is COc1ccc(C(OCC2OC(n3cnc4c(=O)[nH]c(Nc5cc(-c6nnc(-c7ccc(N8CCN(C)CC8)cc7)o6)ccc5CC(C)=O)nc43)CC2O)(c2ccccc2)c2ccc(OC)cc2)cc1. The van der Waals surface area contributed by atoms with E-state index in [-0.39, 0.29) is 48.2 Å². The van der Waals surface area contributed by atoms with Gasteiger partial charge in [-0.3, -0.25) is 19.1 Å². The first-order chi connectivity index (χ1) is 34.1. The van der Waals surface area contributed by atoms with Gasteiger partial charge in [-0.2, -0.15) is 4.98 Å². The lowest BCUT2D eigenvalue weighted by atomic mass is 9.80. The number of piperazine rings is 1. The van der Waals surface area contributed by atoms with Gasteiger partial charge in [0.15, 0.2) is 11.2 Å². The van der Waals surface area contributed by atoms with Gasteiger partial charge in [-0.05, 0) is 96.9 Å². The molecule has 0 saturated carbocycles. The average Bonchev–Trinajstić information content (AvgIpc) is 4.15. The highest BCUT2D eigenvalue weighted by molar-refractivity contribution is 5.82. The summed E-state index contributed by atoms with van der Waals surface area (Å²) in [5.41, 5.74) is 4.87. The molecule has 3 aromatic heterocycles. The molecule has 3 atom stereocenters. The Morgan fingerprint density at radius 2 is 1.46 bits per heavy atom. The number of aliphatic hydroxyl groups is 1. The largest absolute Gasteiger partial charge is 0.497 e. The third-order valence-corrected chi connectivity index (χ3v) is 13.0. The van der Waals surface area contributed by atoms with Crippen LogP contribution in [0.1, 0.15) is 41.8 Å². The van der Waals surface area contributed by atoms with Crippen molar-refractivity contribution in [3.8, 4) is 34.4 Å². The number of aromatic amines is 1. The summed E-state index contributed by atoms with van der Waals surface area (Å²) in [7, 11) is 5.38. The van der Waals surface area contributed by atoms with Gasteiger partial charge in [-0.1, -0.05) is 60.7 Å². The Morgan fingerprint density at radius 3 is 2.10 bits per heavy atom. The molecule has 0 radical (unpaired) electrons. The Labute approximate surface area is 403 Å². The fraction of sp³-hybridized carbons (Fsp3) is 0.283. The third kappa shape index (κ3) is 9.26. The first-order valence-corrected chi connectivity index (χ1v) is 23.1. The maximum absolute atomic E-state index is 13.6. The Morgan fingerprint density at radius 1 is 0.829 bits per heavy atom. The van der Waals surface area contributed by atoms with Gasteiger partial charge < -0.3 is 43.6 Å². The zero-order valence-corrected chi connectivity index (χ0v) is 39.2. The van der Waals surface area contributed by atoms with Crippen LogP contribution >= 0.6 is 0 Å². The minimum atomic E-state index is -1.14. The monoisotopic (exact) mass is 943 g/mol. The van der Waals surface area contributed by atoms with Crippen LogP contribution in [-0.2, 0) is 26.3 Å². The van der Waals surface area contributed by atoms with E-state index >= 15 is 0 Å². The van der Waals surface area contributed by atoms with Crippen molar-refractivity contribution in [2.24, 2.45) is 0 Å². The van der Waals surface area contributed by atoms with Crippen molar-refractivity contribution in [2.45, 2.75) is 43.8 Å². The van der Waals surface area contributed by atoms with Gasteiger partial charge in [-0.15, -0.1) is 10.2 Å². The van der Waals surface area contributed by atoms with Crippen LogP contribution in [0.4, 0.5) is 17.3 Å². The number of likely N-dealkylation sites (N-methyl/N-ethyl adjacent to an activating group) is 1. The number of imidazole rings is 1. The standard InChI is InChI=1S/C53H53N9O8/c1-33(63)28-35-10-11-36(51-59-58-50(70-51)34-12-18-40(19-13-34)61-26-24-60(2)25-27-61)29-43(35)55-52-56-48-47(49(65)57-52)54-32-62(48)46-30-44(64)45(69-46)31-68-53(37-8-6-5-7-9-37,38-14-20-41(66-3)21-15-38)39-16-22-42(67-4)23-17-39/h5-23,29,32,44-46,64H,24-28,30-31H2,1-4H3,(H2,55,56,57,65). The number of carbonyl (C=O) groups excluding carboxylic acids is 1. The number of H-pyrrole nitrogens is 1. The van der Waals surface area contributed by atoms with E-state index in [2.05, 4.69) is 54.5 Å². The van der Waals surface area contributed by atoms with Crippen molar-refractivity contribution in [3.63, 3.8) is 0 Å². The number of Topliss-reactive ketones (excluding diaryl/α,β-unsaturated/α-hetero) is 1. The predicted molar refractivity (Wildman–Crippen MR) is 263 cm³/mol. The Balaban J connectivity index is 0.906. The van der Waals surface area contributed by atoms with E-state index in [1.54, 1.807) is 30.9 Å². The Kier molecular flexibility index (Phi) is 13.0. The highest BCUT2D eigenvalue weighted by Gasteiger charge is 2.42. The Bertz CT molecular complexity index is 3100. The lowest BCUT2D eigenvalue weighted by molar-refractivity contribution is -0.116. The zero-order valence-electron chi connectivity index (χ0n) is 39.2. The summed E-state index contributed by atoms with van der Waals surface area (Å²) in [6.07, 6.45) is -0.736. The number of methoxy groups -OCH3 is 2. The van der Waals surface area contributed by atoms with Crippen molar-refractivity contribution >= 4 is 34.3 Å². The summed E-state index contributed by atoms with van der Waals surface area (Å²) in [5.74, 6) is 2.06. The van der Waals surface area contributed by atoms with Crippen molar-refractivity contribution in [2.75, 3.05) is 64.3 Å². The van der Waals surface area contributed by atoms with Crippen LogP contribution in [-0.4, -0.2) is 112 Å². The second-order valence-corrected chi connectivity index (χ2v) is 17.6. The van der Waals surface area contributed by atoms with E-state index in [1.807, 2.05) is 97.1 Å². The normalized spacial score (nSPS) is 17.5. The summed E-state index contributed by atoms with van der Waals surface area (Å²) in [6.45, 7) is 5.44. The van der Waals surface area contributed by atoms with Gasteiger partial charge in [0.2, 0.25) is 17.7 Å². The fourth-order valence-electron chi connectivity index (χ4n) is 9.23. The molecule has 2 aliphatic rings. The molecule has 5 aromatic carbocycles. The summed E-state index contributed by atoms with van der Waals surface area (Å²) >= 11 is 0. The maximum Gasteiger partial charge on any atom is 0.280 e. The summed E-state index contributed by atoms with van der Waals surface area (Å²) in [5, 5.41) is 23.6. The van der Waals surface area contributed by atoms with Crippen LogP contribution in [0.25, 0.3) is 34.1 Å². The van der Waals surface area contributed by atoms with Crippen LogP contribution in [0.5, 0.6) is 11.5 Å². The molecule has 0 bridgehead atoms. The van der Waals surface area contributed by atoms with Gasteiger partial charge in [0.05, 0.1) is 33.3 Å². The fourth-order valence-corrected chi connectivity index (χ4v) is 9.23. The number of hydrogen-bond donors (Lipinski definition) is 3. The summed E-state index contributed by atoms with van der Waals surface area (Å²) in [4.78, 5) is 42.8. The van der Waals surface area contributed by atoms with Gasteiger partial charge in [0.1, 0.15) is 35.2 Å². The van der Waals surface area contributed by atoms with E-state index in [1.165, 1.54) is 13.3 Å². The number of aliphatic hydroxyl groups excluding tert-OH is 1. The molecule has 0 amide bonds. The molecule has 0 aliphatic carbocycles. The quantitative estimate of drug-likeness (QED) is 0.0827. The molecule has 70 heavy (non-hydrogen) atoms. The van der Waals surface area contributed by atoms with Gasteiger partial charge >= 0.3 is 0 Å². The number of anilines is 3. The smallest absolute Gasteiger partial charge is 0.280 e. The third-order valence-electron chi connectivity index (χ3n) is 13.0. The summed E-state index contributed by atoms with van der Waals surface area (Å²) < 4.78 is 32.5. The van der Waals surface area contributed by atoms with Gasteiger partial charge in [0, 0.05) is 61.5 Å². The van der Waals surface area contributed by atoms with E-state index < -0.39 is 29.6 Å². The molecule has 10 rings (SSSR count). The van der Waals surface area contributed by atoms with Crippen LogP contribution in [0.2, 0.25) is 0 Å². The number of benzene rings is 5. The minimum Gasteiger partial charge on any atom is -0.497 e. The minimum absolute atomic E-state index is 0.0158. The Hall–Kier alpha value is -7.70. The number of hydrogen-bond acceptors (Lipinski definition) is 15. The topological polar surface area (TPSA) is 195 Å². The molecule has 17 nitrogen and oxygen atoms in total. The molecule has 5 heterocycles. The number of rotatable bonds is 16. The number of fused-ring (bicyclic) bond motifs is 1. The molecular weight excluding hydrogens is 891 g/mol. The highest BCUT2D eigenvalue weighted by atomic mass is 16.6. The van der Waals surface area contributed by atoms with E-state index in [9.17, 15) is 14.7 Å². The lowest BCUT2D eigenvalue weighted by Crippen LogP contribution is -2.44. The van der Waals surface area contributed by atoms with Gasteiger partial charge in [-0.25, -0.2) is 4.98 Å². The molecular formula is C53H53N9O8. The molecule has 2 fully saturated rings. The molecule has 358 valence electrons. The van der Waals surface area contributed by atoms with Crippen molar-refractivity contribution in [1.82, 2.24) is 34.6 Å². The number of carbonyl (C=O) groups is 1. The van der Waals surface area contributed by atoms with Crippen LogP contribution in [0.15, 0.2) is 137 Å². The first kappa shape index (κ1) is 46.1. The molecule has 8 aromatic rings. The second-order valence-electron chi connectivity index (χ2n) is 17.6. The lowest BCUT2D eigenvalue weighted by Gasteiger charge is -2.37. The van der Waals surface area contributed by atoms with Crippen molar-refractivity contribution in [1.29, 1.82) is 0 Å². The number of ether oxygens (including phenoxy) is 4. The number of nitrogens with one attached hydrogen (secondary N) is 2.